The monoisotopic (exact) mass is 708 g/mol. The van der Waals surface area contributed by atoms with Crippen molar-refractivity contribution in [2.45, 2.75) is 213 Å². The minimum absolute atomic E-state index is 0.0859. The smallest absolute Gasteiger partial charge is 0.306 e. The fourth-order valence-electron chi connectivity index (χ4n) is 6.04. The second-order valence-corrected chi connectivity index (χ2v) is 14.7. The molecule has 0 aromatic carbocycles. The highest BCUT2D eigenvalue weighted by molar-refractivity contribution is 5.71. The number of rotatable bonds is 38. The van der Waals surface area contributed by atoms with Gasteiger partial charge in [0, 0.05) is 19.3 Å². The van der Waals surface area contributed by atoms with Gasteiger partial charge in [0.1, 0.15) is 13.2 Å². The van der Waals surface area contributed by atoms with E-state index < -0.39 is 6.10 Å². The standard InChI is InChI=1S/C43H81NO6/c1-5-7-9-11-13-15-17-19-20-22-24-26-28-30-32-35-42(46)49-39-40(50-43(47)36-33-37-44(3)4)38-48-41(45)34-31-29-27-25-23-21-18-16-14-12-10-8-6-2/h19-20,40H,5-18,21-39H2,1-4H3/b20-19-. The van der Waals surface area contributed by atoms with Crippen molar-refractivity contribution < 1.29 is 28.6 Å². The normalized spacial score (nSPS) is 12.1. The number of hydrogen-bond acceptors (Lipinski definition) is 7. The Balaban J connectivity index is 4.14. The highest BCUT2D eigenvalue weighted by atomic mass is 16.6. The minimum atomic E-state index is -0.782. The minimum Gasteiger partial charge on any atom is -0.462 e. The first-order valence-corrected chi connectivity index (χ1v) is 21.2. The molecule has 0 aliphatic heterocycles. The summed E-state index contributed by atoms with van der Waals surface area (Å²) in [7, 11) is 3.92. The first-order valence-electron chi connectivity index (χ1n) is 21.2. The van der Waals surface area contributed by atoms with Gasteiger partial charge in [-0.1, -0.05) is 154 Å². The molecule has 0 bridgehead atoms. The quantitative estimate of drug-likeness (QED) is 0.0273. The first-order chi connectivity index (χ1) is 24.4. The predicted octanol–water partition coefficient (Wildman–Crippen LogP) is 11.8. The number of carbonyl (C=O) groups excluding carboxylic acids is 3. The van der Waals surface area contributed by atoms with Gasteiger partial charge in [0.15, 0.2) is 6.10 Å². The number of carbonyl (C=O) groups is 3. The number of unbranched alkanes of at least 4 members (excludes halogenated alkanes) is 23. The number of allylic oxidation sites excluding steroid dienone is 2. The molecule has 0 aliphatic carbocycles. The molecule has 1 atom stereocenters. The molecular formula is C43H81NO6. The lowest BCUT2D eigenvalue weighted by atomic mass is 10.0. The van der Waals surface area contributed by atoms with Gasteiger partial charge in [0.25, 0.3) is 0 Å². The van der Waals surface area contributed by atoms with Crippen LogP contribution in [-0.2, 0) is 28.6 Å². The van der Waals surface area contributed by atoms with Gasteiger partial charge >= 0.3 is 17.9 Å². The Morgan fingerprint density at radius 3 is 1.18 bits per heavy atom. The zero-order valence-corrected chi connectivity index (χ0v) is 33.5. The lowest BCUT2D eigenvalue weighted by molar-refractivity contribution is -0.167. The summed E-state index contributed by atoms with van der Waals surface area (Å²) in [4.78, 5) is 39.3. The molecule has 7 nitrogen and oxygen atoms in total. The van der Waals surface area contributed by atoms with E-state index in [9.17, 15) is 14.4 Å². The van der Waals surface area contributed by atoms with Crippen LogP contribution >= 0.6 is 0 Å². The Kier molecular flexibility index (Phi) is 36.9. The molecule has 0 aromatic heterocycles. The molecule has 7 heteroatoms. The summed E-state index contributed by atoms with van der Waals surface area (Å²) in [5.74, 6) is -0.950. The molecule has 0 saturated carbocycles. The van der Waals surface area contributed by atoms with Gasteiger partial charge in [0.05, 0.1) is 0 Å². The maximum absolute atomic E-state index is 12.4. The van der Waals surface area contributed by atoms with Gasteiger partial charge in [-0.05, 0) is 65.6 Å². The van der Waals surface area contributed by atoms with Gasteiger partial charge in [0.2, 0.25) is 0 Å². The Hall–Kier alpha value is -1.89. The Labute approximate surface area is 309 Å². The number of hydrogen-bond donors (Lipinski definition) is 0. The van der Waals surface area contributed by atoms with E-state index in [1.54, 1.807) is 0 Å². The largest absolute Gasteiger partial charge is 0.462 e. The van der Waals surface area contributed by atoms with E-state index in [1.165, 1.54) is 122 Å². The van der Waals surface area contributed by atoms with Crippen LogP contribution in [0.3, 0.4) is 0 Å². The van der Waals surface area contributed by atoms with Crippen LogP contribution in [-0.4, -0.2) is 62.8 Å². The Morgan fingerprint density at radius 2 is 0.800 bits per heavy atom. The van der Waals surface area contributed by atoms with Crippen LogP contribution in [0.1, 0.15) is 206 Å². The van der Waals surface area contributed by atoms with Crippen molar-refractivity contribution in [3.05, 3.63) is 12.2 Å². The van der Waals surface area contributed by atoms with Crippen LogP contribution in [0.2, 0.25) is 0 Å². The van der Waals surface area contributed by atoms with Crippen LogP contribution < -0.4 is 0 Å². The van der Waals surface area contributed by atoms with Crippen molar-refractivity contribution >= 4 is 17.9 Å². The molecule has 294 valence electrons. The van der Waals surface area contributed by atoms with Gasteiger partial charge in [-0.2, -0.15) is 0 Å². The molecule has 0 radical (unpaired) electrons. The first kappa shape index (κ1) is 48.1. The third kappa shape index (κ3) is 37.4. The summed E-state index contributed by atoms with van der Waals surface area (Å²) in [6.07, 6.45) is 37.5. The predicted molar refractivity (Wildman–Crippen MR) is 209 cm³/mol. The molecule has 0 spiro atoms. The lowest BCUT2D eigenvalue weighted by Crippen LogP contribution is -2.31. The van der Waals surface area contributed by atoms with E-state index in [0.29, 0.717) is 19.3 Å². The Bertz CT molecular complexity index is 798. The summed E-state index contributed by atoms with van der Waals surface area (Å²) in [5, 5.41) is 0. The van der Waals surface area contributed by atoms with Gasteiger partial charge < -0.3 is 19.1 Å². The summed E-state index contributed by atoms with van der Waals surface area (Å²) in [6.45, 7) is 5.12. The SMILES string of the molecule is CCCCCCCC/C=C\CCCCCCCC(=O)OCC(COC(=O)CCCCCCCCCCCCCCC)OC(=O)CCCN(C)C. The van der Waals surface area contributed by atoms with Crippen LogP contribution in [0.15, 0.2) is 12.2 Å². The van der Waals surface area contributed by atoms with Crippen LogP contribution in [0.4, 0.5) is 0 Å². The average molecular weight is 708 g/mol. The fraction of sp³-hybridized carbons (Fsp3) is 0.884. The molecule has 0 aliphatic rings. The summed E-state index contributed by atoms with van der Waals surface area (Å²) >= 11 is 0. The lowest BCUT2D eigenvalue weighted by Gasteiger charge is -2.18. The fourth-order valence-corrected chi connectivity index (χ4v) is 6.04. The second kappa shape index (κ2) is 38.3. The second-order valence-electron chi connectivity index (χ2n) is 14.7. The van der Waals surface area contributed by atoms with Crippen molar-refractivity contribution in [1.82, 2.24) is 4.90 Å². The summed E-state index contributed by atoms with van der Waals surface area (Å²) < 4.78 is 16.5. The van der Waals surface area contributed by atoms with Crippen molar-refractivity contribution in [1.29, 1.82) is 0 Å². The van der Waals surface area contributed by atoms with E-state index in [0.717, 1.165) is 51.5 Å². The number of ether oxygens (including phenoxy) is 3. The van der Waals surface area contributed by atoms with E-state index in [2.05, 4.69) is 26.0 Å². The topological polar surface area (TPSA) is 82.1 Å². The van der Waals surface area contributed by atoms with E-state index in [1.807, 2.05) is 19.0 Å². The molecule has 1 unspecified atom stereocenters. The molecule has 0 saturated heterocycles. The van der Waals surface area contributed by atoms with Crippen molar-refractivity contribution in [3.63, 3.8) is 0 Å². The molecule has 0 heterocycles. The van der Waals surface area contributed by atoms with Crippen LogP contribution in [0.25, 0.3) is 0 Å². The van der Waals surface area contributed by atoms with Crippen LogP contribution in [0, 0.1) is 0 Å². The van der Waals surface area contributed by atoms with Crippen molar-refractivity contribution in [2.75, 3.05) is 33.9 Å². The Morgan fingerprint density at radius 1 is 0.460 bits per heavy atom. The molecular weight excluding hydrogens is 626 g/mol. The summed E-state index contributed by atoms with van der Waals surface area (Å²) in [5.41, 5.74) is 0. The van der Waals surface area contributed by atoms with Gasteiger partial charge in [-0.3, -0.25) is 14.4 Å². The highest BCUT2D eigenvalue weighted by Gasteiger charge is 2.19. The van der Waals surface area contributed by atoms with Crippen LogP contribution in [0.5, 0.6) is 0 Å². The molecule has 0 fully saturated rings. The van der Waals surface area contributed by atoms with Gasteiger partial charge in [-0.15, -0.1) is 0 Å². The zero-order valence-electron chi connectivity index (χ0n) is 33.5. The van der Waals surface area contributed by atoms with Crippen molar-refractivity contribution in [2.24, 2.45) is 0 Å². The third-order valence-electron chi connectivity index (χ3n) is 9.27. The number of nitrogens with zero attached hydrogens (tertiary/aromatic N) is 1. The highest BCUT2D eigenvalue weighted by Crippen LogP contribution is 2.14. The molecule has 0 rings (SSSR count). The zero-order chi connectivity index (χ0) is 36.8. The van der Waals surface area contributed by atoms with E-state index in [4.69, 9.17) is 14.2 Å². The average Bonchev–Trinajstić information content (AvgIpc) is 3.09. The maximum Gasteiger partial charge on any atom is 0.306 e. The molecule has 0 aromatic rings. The van der Waals surface area contributed by atoms with Crippen molar-refractivity contribution in [3.8, 4) is 0 Å². The summed E-state index contributed by atoms with van der Waals surface area (Å²) in [6, 6.07) is 0. The van der Waals surface area contributed by atoms with E-state index >= 15 is 0 Å². The number of esters is 3. The van der Waals surface area contributed by atoms with E-state index in [-0.39, 0.29) is 37.5 Å². The van der Waals surface area contributed by atoms with Gasteiger partial charge in [-0.25, -0.2) is 0 Å². The maximum atomic E-state index is 12.4. The third-order valence-corrected chi connectivity index (χ3v) is 9.27. The molecule has 50 heavy (non-hydrogen) atoms. The molecule has 0 N–H and O–H groups in total. The molecule has 0 amide bonds.